The van der Waals surface area contributed by atoms with Crippen LogP contribution in [0.15, 0.2) is 96.9 Å². The molecule has 2 bridgehead atoms. The Labute approximate surface area is 189 Å². The van der Waals surface area contributed by atoms with Crippen LogP contribution in [0.4, 0.5) is 0 Å². The second-order valence-corrected chi connectivity index (χ2v) is 7.91. The van der Waals surface area contributed by atoms with Crippen LogP contribution in [0.2, 0.25) is 0 Å². The van der Waals surface area contributed by atoms with Crippen LogP contribution >= 0.6 is 0 Å². The molecule has 0 unspecified atom stereocenters. The highest BCUT2D eigenvalue weighted by molar-refractivity contribution is 5.80. The third-order valence-corrected chi connectivity index (χ3v) is 5.33. The standard InChI is InChI=1S/C28H27NO3/c30-26-17-24-16-25(19-27(18-24)32-15-7-12-22-8-3-1-4-9-22)20-28(31)29(21-26)14-13-23-10-5-2-6-11-23/h1-12,16,18-19,21,30H,13-15,17,20H2/b12-7+,26-21?. The minimum atomic E-state index is -0.0403. The summed E-state index contributed by atoms with van der Waals surface area (Å²) < 4.78 is 5.91. The van der Waals surface area contributed by atoms with E-state index in [-0.39, 0.29) is 18.1 Å². The molecule has 3 aromatic carbocycles. The molecular weight excluding hydrogens is 398 g/mol. The van der Waals surface area contributed by atoms with Crippen molar-refractivity contribution in [1.82, 2.24) is 4.90 Å². The number of benzene rings is 3. The topological polar surface area (TPSA) is 49.8 Å². The van der Waals surface area contributed by atoms with Gasteiger partial charge >= 0.3 is 0 Å². The zero-order valence-corrected chi connectivity index (χ0v) is 18.0. The highest BCUT2D eigenvalue weighted by Gasteiger charge is 2.17. The van der Waals surface area contributed by atoms with Gasteiger partial charge in [-0.2, -0.15) is 0 Å². The Morgan fingerprint density at radius 3 is 2.34 bits per heavy atom. The lowest BCUT2D eigenvalue weighted by Gasteiger charge is -2.18. The van der Waals surface area contributed by atoms with E-state index in [1.165, 1.54) is 0 Å². The second kappa shape index (κ2) is 10.5. The van der Waals surface area contributed by atoms with E-state index in [1.807, 2.05) is 91.0 Å². The number of nitrogens with zero attached hydrogens (tertiary/aromatic N) is 1. The average Bonchev–Trinajstić information content (AvgIpc) is 2.84. The van der Waals surface area contributed by atoms with Crippen LogP contribution in [-0.2, 0) is 24.1 Å². The molecule has 1 heterocycles. The van der Waals surface area contributed by atoms with Gasteiger partial charge in [0.25, 0.3) is 0 Å². The molecule has 1 amide bonds. The Morgan fingerprint density at radius 2 is 1.59 bits per heavy atom. The molecular formula is C28H27NO3. The predicted octanol–water partition coefficient (Wildman–Crippen LogP) is 5.35. The Bertz CT molecular complexity index is 1100. The van der Waals surface area contributed by atoms with Crippen molar-refractivity contribution in [2.75, 3.05) is 13.2 Å². The Morgan fingerprint density at radius 1 is 0.906 bits per heavy atom. The summed E-state index contributed by atoms with van der Waals surface area (Å²) in [4.78, 5) is 14.6. The van der Waals surface area contributed by atoms with Gasteiger partial charge in [-0.15, -0.1) is 0 Å². The number of allylic oxidation sites excluding steroid dienone is 1. The van der Waals surface area contributed by atoms with Crippen molar-refractivity contribution in [2.45, 2.75) is 19.3 Å². The number of carbonyl (C=O) groups is 1. The summed E-state index contributed by atoms with van der Waals surface area (Å²) in [7, 11) is 0. The van der Waals surface area contributed by atoms with Crippen LogP contribution in [0.5, 0.6) is 5.75 Å². The summed E-state index contributed by atoms with van der Waals surface area (Å²) >= 11 is 0. The largest absolute Gasteiger partial charge is 0.510 e. The number of ether oxygens (including phenoxy) is 1. The molecule has 1 aliphatic heterocycles. The van der Waals surface area contributed by atoms with Gasteiger partial charge in [-0.25, -0.2) is 0 Å². The first-order valence-corrected chi connectivity index (χ1v) is 10.9. The van der Waals surface area contributed by atoms with Crippen LogP contribution in [-0.4, -0.2) is 29.1 Å². The fourth-order valence-electron chi connectivity index (χ4n) is 3.78. The zero-order valence-electron chi connectivity index (χ0n) is 18.0. The molecule has 32 heavy (non-hydrogen) atoms. The third kappa shape index (κ3) is 6.11. The third-order valence-electron chi connectivity index (χ3n) is 5.33. The maximum atomic E-state index is 12.9. The number of amides is 1. The lowest BCUT2D eigenvalue weighted by molar-refractivity contribution is -0.128. The van der Waals surface area contributed by atoms with Crippen molar-refractivity contribution in [3.8, 4) is 5.75 Å². The van der Waals surface area contributed by atoms with Crippen LogP contribution in [0.3, 0.4) is 0 Å². The molecule has 0 saturated carbocycles. The number of hydrogen-bond acceptors (Lipinski definition) is 3. The summed E-state index contributed by atoms with van der Waals surface area (Å²) in [6.07, 6.45) is 6.91. The highest BCUT2D eigenvalue weighted by atomic mass is 16.5. The van der Waals surface area contributed by atoms with Crippen molar-refractivity contribution < 1.29 is 14.6 Å². The summed E-state index contributed by atoms with van der Waals surface area (Å²) in [5.74, 6) is 0.829. The quantitative estimate of drug-likeness (QED) is 0.555. The highest BCUT2D eigenvalue weighted by Crippen LogP contribution is 2.22. The van der Waals surface area contributed by atoms with Gasteiger partial charge in [0.2, 0.25) is 5.91 Å². The first-order chi connectivity index (χ1) is 15.7. The predicted molar refractivity (Wildman–Crippen MR) is 127 cm³/mol. The number of fused-ring (bicyclic) bond motifs is 2. The van der Waals surface area contributed by atoms with Crippen molar-refractivity contribution in [3.63, 3.8) is 0 Å². The van der Waals surface area contributed by atoms with E-state index in [0.717, 1.165) is 28.7 Å². The molecule has 0 atom stereocenters. The van der Waals surface area contributed by atoms with E-state index in [1.54, 1.807) is 11.1 Å². The lowest BCUT2D eigenvalue weighted by Crippen LogP contribution is -2.29. The molecule has 4 heteroatoms. The SMILES string of the molecule is O=C1Cc2cc(cc(OC/C=C/c3ccccc3)c2)CC(O)=CN1CCc1ccccc1. The Balaban J connectivity index is 1.43. The molecule has 3 aromatic rings. The molecule has 162 valence electrons. The zero-order chi connectivity index (χ0) is 22.2. The maximum absolute atomic E-state index is 12.9. The number of aliphatic hydroxyl groups is 1. The normalized spacial score (nSPS) is 13.9. The van der Waals surface area contributed by atoms with Gasteiger partial charge in [-0.05, 0) is 46.9 Å². The number of rotatable bonds is 7. The number of carbonyl (C=O) groups excluding carboxylic acids is 1. The smallest absolute Gasteiger partial charge is 0.231 e. The van der Waals surface area contributed by atoms with E-state index in [4.69, 9.17) is 4.74 Å². The average molecular weight is 426 g/mol. The van der Waals surface area contributed by atoms with Gasteiger partial charge in [0, 0.05) is 19.2 Å². The van der Waals surface area contributed by atoms with Gasteiger partial charge in [0.15, 0.2) is 0 Å². The second-order valence-electron chi connectivity index (χ2n) is 7.91. The summed E-state index contributed by atoms with van der Waals surface area (Å²) in [6, 6.07) is 25.9. The molecule has 4 rings (SSSR count). The number of aliphatic hydroxyl groups excluding tert-OH is 1. The molecule has 0 saturated heterocycles. The minimum absolute atomic E-state index is 0.0403. The van der Waals surface area contributed by atoms with Gasteiger partial charge in [-0.3, -0.25) is 4.79 Å². The van der Waals surface area contributed by atoms with Crippen molar-refractivity contribution >= 4 is 12.0 Å². The van der Waals surface area contributed by atoms with Gasteiger partial charge in [-0.1, -0.05) is 72.8 Å². The fourth-order valence-corrected chi connectivity index (χ4v) is 3.78. The molecule has 0 aliphatic carbocycles. The van der Waals surface area contributed by atoms with E-state index in [2.05, 4.69) is 0 Å². The van der Waals surface area contributed by atoms with Crippen LogP contribution in [0, 0.1) is 0 Å². The molecule has 0 spiro atoms. The van der Waals surface area contributed by atoms with E-state index >= 15 is 0 Å². The maximum Gasteiger partial charge on any atom is 0.231 e. The molecule has 0 radical (unpaired) electrons. The van der Waals surface area contributed by atoms with Gasteiger partial charge < -0.3 is 14.7 Å². The molecule has 1 aliphatic rings. The van der Waals surface area contributed by atoms with Crippen molar-refractivity contribution in [2.24, 2.45) is 0 Å². The molecule has 0 fully saturated rings. The van der Waals surface area contributed by atoms with E-state index in [9.17, 15) is 9.90 Å². The first-order valence-electron chi connectivity index (χ1n) is 10.9. The Kier molecular flexibility index (Phi) is 7.03. The monoisotopic (exact) mass is 425 g/mol. The van der Waals surface area contributed by atoms with Crippen LogP contribution in [0.25, 0.3) is 6.08 Å². The molecule has 1 N–H and O–H groups in total. The fraction of sp³-hybridized carbons (Fsp3) is 0.179. The van der Waals surface area contributed by atoms with Gasteiger partial charge in [0.05, 0.1) is 6.42 Å². The van der Waals surface area contributed by atoms with Gasteiger partial charge in [0.1, 0.15) is 18.1 Å². The van der Waals surface area contributed by atoms with E-state index in [0.29, 0.717) is 25.3 Å². The Hall–Kier alpha value is -3.79. The summed E-state index contributed by atoms with van der Waals surface area (Å²) in [6.45, 7) is 0.952. The van der Waals surface area contributed by atoms with Crippen molar-refractivity contribution in [3.05, 3.63) is 119 Å². The lowest BCUT2D eigenvalue weighted by atomic mass is 10.0. The molecule has 4 nitrogen and oxygen atoms in total. The summed E-state index contributed by atoms with van der Waals surface area (Å²) in [5.41, 5.74) is 4.10. The van der Waals surface area contributed by atoms with E-state index < -0.39 is 0 Å². The van der Waals surface area contributed by atoms with Crippen molar-refractivity contribution in [1.29, 1.82) is 0 Å². The minimum Gasteiger partial charge on any atom is -0.510 e. The summed E-state index contributed by atoms with van der Waals surface area (Å²) in [5, 5.41) is 10.5. The molecule has 0 aromatic heterocycles. The first kappa shape index (κ1) is 21.4. The number of hydrogen-bond donors (Lipinski definition) is 1. The van der Waals surface area contributed by atoms with Crippen LogP contribution < -0.4 is 4.74 Å². The van der Waals surface area contributed by atoms with Crippen LogP contribution in [0.1, 0.15) is 22.3 Å².